The molecular weight excluding hydrogens is 621 g/mol. The smallest absolute Gasteiger partial charge is 0.744 e. The van der Waals surface area contributed by atoms with Crippen molar-refractivity contribution >= 4 is 63.9 Å². The number of azo groups is 1. The third kappa shape index (κ3) is 8.30. The second-order valence-corrected chi connectivity index (χ2v) is 10.9. The van der Waals surface area contributed by atoms with Gasteiger partial charge < -0.3 is 29.6 Å². The summed E-state index contributed by atoms with van der Waals surface area (Å²) in [5.74, 6) is -2.49. The molecule has 0 atom stereocenters. The molecule has 3 aromatic rings. The van der Waals surface area contributed by atoms with Gasteiger partial charge in [0.1, 0.15) is 41.7 Å². The Bertz CT molecular complexity index is 1830. The van der Waals surface area contributed by atoms with Crippen LogP contribution in [0.3, 0.4) is 0 Å². The van der Waals surface area contributed by atoms with Gasteiger partial charge in [-0.05, 0) is 29.7 Å². The number of benzene rings is 3. The minimum atomic E-state index is -5.52. The molecule has 4 N–H and O–H groups in total. The number of phenols is 2. The normalized spacial score (nSPS) is 11.9. The van der Waals surface area contributed by atoms with Crippen LogP contribution in [0, 0.1) is 10.1 Å². The predicted molar refractivity (Wildman–Crippen MR) is 113 cm³/mol. The molecule has 0 spiro atoms. The van der Waals surface area contributed by atoms with E-state index >= 15 is 0 Å². The average molecular weight is 630 g/mol. The monoisotopic (exact) mass is 630 g/mol. The Morgan fingerprint density at radius 2 is 1.26 bits per heavy atom. The van der Waals surface area contributed by atoms with Crippen LogP contribution in [-0.4, -0.2) is 54.0 Å². The molecule has 0 aliphatic heterocycles. The molecule has 0 aliphatic carbocycles. The van der Waals surface area contributed by atoms with Crippen molar-refractivity contribution in [3.63, 3.8) is 0 Å². The summed E-state index contributed by atoms with van der Waals surface area (Å²) in [6.07, 6.45) is 0. The van der Waals surface area contributed by atoms with Gasteiger partial charge in [-0.1, -0.05) is 0 Å². The molecule has 0 bridgehead atoms. The third-order valence-corrected chi connectivity index (χ3v) is 6.97. The van der Waals surface area contributed by atoms with Crippen molar-refractivity contribution in [2.24, 2.45) is 10.2 Å². The maximum absolute atomic E-state index is 11.8. The standard InChI is InChI=1S/C16H12N4O13S3.3Na/c17-9-3-7(34(25,26)27)1-6-2-12(36(31,32)33)14(16(22)13(6)9)19-18-10-4-8(35(28,29)30)5-11(15(10)21)20(23)24;;;/h1-5,21-22H,17H2,(H,25,26,27)(H,28,29,30)(H,31,32,33);;;/q;3*+1/p-3. The maximum atomic E-state index is 11.8. The largest absolute Gasteiger partial charge is 1.00 e. The van der Waals surface area contributed by atoms with E-state index in [9.17, 15) is 59.2 Å². The molecule has 0 unspecified atom stereocenters. The number of nitro benzene ring substituents is 1. The fourth-order valence-corrected chi connectivity index (χ4v) is 4.67. The van der Waals surface area contributed by atoms with Crippen molar-refractivity contribution in [3.05, 3.63) is 40.4 Å². The zero-order valence-electron chi connectivity index (χ0n) is 19.9. The second kappa shape index (κ2) is 13.4. The van der Waals surface area contributed by atoms with Gasteiger partial charge in [-0.25, -0.2) is 25.3 Å². The first-order valence-corrected chi connectivity index (χ1v) is 12.9. The van der Waals surface area contributed by atoms with E-state index in [4.69, 9.17) is 5.73 Å². The first-order valence-electron chi connectivity index (χ1n) is 8.72. The van der Waals surface area contributed by atoms with Gasteiger partial charge >= 0.3 is 94.4 Å². The van der Waals surface area contributed by atoms with Gasteiger partial charge in [-0.3, -0.25) is 10.1 Å². The number of nitrogens with zero attached hydrogens (tertiary/aromatic N) is 3. The Hall–Kier alpha value is -0.950. The van der Waals surface area contributed by atoms with Gasteiger partial charge in [-0.15, -0.1) is 10.2 Å². The number of rotatable bonds is 6. The number of aromatic hydroxyl groups is 2. The minimum Gasteiger partial charge on any atom is -0.744 e. The molecule has 0 fully saturated rings. The fraction of sp³-hybridized carbons (Fsp3) is 0. The Labute approximate surface area is 285 Å². The molecular formula is C16H9N4Na3O13S3. The van der Waals surface area contributed by atoms with Crippen molar-refractivity contribution in [2.75, 3.05) is 5.73 Å². The molecule has 0 saturated carbocycles. The summed E-state index contributed by atoms with van der Waals surface area (Å²) in [5, 5.41) is 37.2. The van der Waals surface area contributed by atoms with Gasteiger partial charge in [0.2, 0.25) is 5.75 Å². The molecule has 3 rings (SSSR count). The quantitative estimate of drug-likeness (QED) is 0.0569. The summed E-state index contributed by atoms with van der Waals surface area (Å²) in [5.41, 5.74) is 1.58. The van der Waals surface area contributed by atoms with E-state index in [1.54, 1.807) is 0 Å². The molecule has 39 heavy (non-hydrogen) atoms. The summed E-state index contributed by atoms with van der Waals surface area (Å²) in [7, 11) is -16.0. The van der Waals surface area contributed by atoms with E-state index in [1.807, 2.05) is 0 Å². The van der Waals surface area contributed by atoms with Gasteiger partial charge in [0.25, 0.3) is 0 Å². The van der Waals surface area contributed by atoms with Gasteiger partial charge in [0.15, 0.2) is 5.75 Å². The van der Waals surface area contributed by atoms with Crippen molar-refractivity contribution in [1.82, 2.24) is 0 Å². The van der Waals surface area contributed by atoms with Crippen LogP contribution < -0.4 is 94.4 Å². The number of hydrogen-bond acceptors (Lipinski definition) is 16. The van der Waals surface area contributed by atoms with Crippen LogP contribution >= 0.6 is 0 Å². The number of anilines is 1. The molecule has 0 heterocycles. The number of fused-ring (bicyclic) bond motifs is 1. The van der Waals surface area contributed by atoms with Crippen LogP contribution in [0.2, 0.25) is 0 Å². The van der Waals surface area contributed by atoms with Crippen LogP contribution in [-0.2, 0) is 30.4 Å². The Morgan fingerprint density at radius 1 is 0.744 bits per heavy atom. The Kier molecular flexibility index (Phi) is 13.0. The van der Waals surface area contributed by atoms with Crippen LogP contribution in [0.5, 0.6) is 11.5 Å². The van der Waals surface area contributed by atoms with Gasteiger partial charge in [0, 0.05) is 17.1 Å². The molecule has 0 aromatic heterocycles. The fourth-order valence-electron chi connectivity index (χ4n) is 2.97. The topological polar surface area (TPSA) is 306 Å². The van der Waals surface area contributed by atoms with Gasteiger partial charge in [0.05, 0.1) is 19.6 Å². The second-order valence-electron chi connectivity index (χ2n) is 6.81. The van der Waals surface area contributed by atoms with Crippen molar-refractivity contribution in [2.45, 2.75) is 14.7 Å². The van der Waals surface area contributed by atoms with Crippen LogP contribution in [0.4, 0.5) is 22.7 Å². The summed E-state index contributed by atoms with van der Waals surface area (Å²) in [4.78, 5) is 6.33. The number of hydrogen-bond donors (Lipinski definition) is 3. The Balaban J connectivity index is 0.00000481. The molecule has 17 nitrogen and oxygen atoms in total. The molecule has 0 aliphatic rings. The van der Waals surface area contributed by atoms with Crippen LogP contribution in [0.1, 0.15) is 0 Å². The molecule has 0 saturated heterocycles. The number of nitrogens with two attached hydrogens (primary N) is 1. The number of nitro groups is 1. The van der Waals surface area contributed by atoms with Crippen molar-refractivity contribution in [1.29, 1.82) is 0 Å². The average Bonchev–Trinajstić information content (AvgIpc) is 2.70. The zero-order chi connectivity index (χ0) is 27.4. The molecule has 23 heteroatoms. The summed E-state index contributed by atoms with van der Waals surface area (Å²) >= 11 is 0. The number of phenolic OH excluding ortho intramolecular Hbond substituents is 2. The van der Waals surface area contributed by atoms with E-state index in [0.29, 0.717) is 24.3 Å². The minimum absolute atomic E-state index is 0. The molecule has 3 aromatic carbocycles. The van der Waals surface area contributed by atoms with Gasteiger partial charge in [-0.2, -0.15) is 0 Å². The van der Waals surface area contributed by atoms with Crippen LogP contribution in [0.25, 0.3) is 10.8 Å². The maximum Gasteiger partial charge on any atom is 1.00 e. The Morgan fingerprint density at radius 3 is 1.72 bits per heavy atom. The van der Waals surface area contributed by atoms with Crippen molar-refractivity contribution < 1.29 is 143 Å². The molecule has 0 amide bonds. The molecule has 192 valence electrons. The van der Waals surface area contributed by atoms with Crippen LogP contribution in [0.15, 0.2) is 55.2 Å². The summed E-state index contributed by atoms with van der Waals surface area (Å²) in [6, 6.07) is 2.30. The van der Waals surface area contributed by atoms with E-state index < -0.39 is 95.0 Å². The first kappa shape index (κ1) is 38.0. The molecule has 0 radical (unpaired) electrons. The van der Waals surface area contributed by atoms with E-state index in [-0.39, 0.29) is 94.7 Å². The number of nitrogen functional groups attached to an aromatic ring is 1. The SMILES string of the molecule is Nc1cc(S(=O)(=O)[O-])cc2cc(S(=O)(=O)[O-])c(N=Nc3cc(S(=O)(=O)[O-])cc([N+](=O)[O-])c3O)c(O)c12.[Na+].[Na+].[Na+]. The summed E-state index contributed by atoms with van der Waals surface area (Å²) in [6.45, 7) is 0. The predicted octanol–water partition coefficient (Wildman–Crippen LogP) is -8.12. The van der Waals surface area contributed by atoms with Crippen molar-refractivity contribution in [3.8, 4) is 11.5 Å². The van der Waals surface area contributed by atoms with E-state index in [0.717, 1.165) is 0 Å². The van der Waals surface area contributed by atoms with E-state index in [2.05, 4.69) is 10.2 Å². The summed E-state index contributed by atoms with van der Waals surface area (Å²) < 4.78 is 103. The third-order valence-electron chi connectivity index (χ3n) is 4.50. The first-order chi connectivity index (χ1) is 16.3. The van der Waals surface area contributed by atoms with E-state index in [1.165, 1.54) is 0 Å². The zero-order valence-corrected chi connectivity index (χ0v) is 28.4.